The van der Waals surface area contributed by atoms with Crippen LogP contribution in [0.1, 0.15) is 23.6 Å². The maximum Gasteiger partial charge on any atom is 0.123 e. The van der Waals surface area contributed by atoms with Gasteiger partial charge >= 0.3 is 0 Å². The smallest absolute Gasteiger partial charge is 0.123 e. The van der Waals surface area contributed by atoms with E-state index in [9.17, 15) is 9.50 Å². The second-order valence-electron chi connectivity index (χ2n) is 5.04. The average molecular weight is 323 g/mol. The topological polar surface area (TPSA) is 20.2 Å². The third kappa shape index (κ3) is 3.43. The first-order valence-electron chi connectivity index (χ1n) is 6.12. The molecule has 19 heavy (non-hydrogen) atoms. The highest BCUT2D eigenvalue weighted by molar-refractivity contribution is 9.10. The van der Waals surface area contributed by atoms with E-state index in [0.717, 1.165) is 15.6 Å². The molecule has 0 fully saturated rings. The van der Waals surface area contributed by atoms with Gasteiger partial charge in [-0.1, -0.05) is 34.1 Å². The maximum absolute atomic E-state index is 13.4. The van der Waals surface area contributed by atoms with Gasteiger partial charge in [0.1, 0.15) is 5.82 Å². The molecule has 0 saturated carbocycles. The van der Waals surface area contributed by atoms with Crippen molar-refractivity contribution in [3.63, 3.8) is 0 Å². The molecule has 0 heterocycles. The van der Waals surface area contributed by atoms with E-state index < -0.39 is 5.60 Å². The van der Waals surface area contributed by atoms with E-state index in [-0.39, 0.29) is 5.82 Å². The highest BCUT2D eigenvalue weighted by atomic mass is 79.9. The largest absolute Gasteiger partial charge is 0.385 e. The van der Waals surface area contributed by atoms with Crippen LogP contribution in [0.25, 0.3) is 0 Å². The Morgan fingerprint density at radius 2 is 1.79 bits per heavy atom. The molecule has 2 rings (SSSR count). The van der Waals surface area contributed by atoms with Crippen molar-refractivity contribution < 1.29 is 9.50 Å². The minimum Gasteiger partial charge on any atom is -0.385 e. The number of aliphatic hydroxyl groups is 1. The zero-order chi connectivity index (χ0) is 14.0. The summed E-state index contributed by atoms with van der Waals surface area (Å²) in [5.41, 5.74) is 1.45. The van der Waals surface area contributed by atoms with E-state index in [1.807, 2.05) is 31.2 Å². The molecule has 2 aromatic rings. The molecule has 1 N–H and O–H groups in total. The fraction of sp³-hybridized carbons (Fsp3) is 0.250. The molecule has 0 bridgehead atoms. The lowest BCUT2D eigenvalue weighted by Crippen LogP contribution is -2.25. The molecule has 1 nitrogen and oxygen atoms in total. The van der Waals surface area contributed by atoms with Crippen LogP contribution in [-0.2, 0) is 12.0 Å². The molecule has 0 saturated heterocycles. The molecule has 1 atom stereocenters. The van der Waals surface area contributed by atoms with Crippen molar-refractivity contribution in [1.82, 2.24) is 0 Å². The number of halogens is 2. The van der Waals surface area contributed by atoms with Crippen LogP contribution in [0.5, 0.6) is 0 Å². The van der Waals surface area contributed by atoms with Crippen LogP contribution in [0.15, 0.2) is 46.9 Å². The van der Waals surface area contributed by atoms with Crippen molar-refractivity contribution in [3.8, 4) is 0 Å². The number of benzene rings is 2. The molecule has 0 aliphatic rings. The van der Waals surface area contributed by atoms with Gasteiger partial charge in [0.15, 0.2) is 0 Å². The highest BCUT2D eigenvalue weighted by Crippen LogP contribution is 2.29. The van der Waals surface area contributed by atoms with E-state index in [4.69, 9.17) is 0 Å². The maximum atomic E-state index is 13.4. The first-order chi connectivity index (χ1) is 8.88. The molecule has 0 amide bonds. The SMILES string of the molecule is Cc1ccc(F)cc1C(C)(O)Cc1ccc(Br)cc1. The van der Waals surface area contributed by atoms with E-state index in [1.165, 1.54) is 12.1 Å². The number of hydrogen-bond donors (Lipinski definition) is 1. The number of aryl methyl sites for hydroxylation is 1. The molecule has 0 aromatic heterocycles. The standard InChI is InChI=1S/C16H16BrFO/c1-11-3-8-14(18)9-15(11)16(2,19)10-12-4-6-13(17)7-5-12/h3-9,19H,10H2,1-2H3. The van der Waals surface area contributed by atoms with Gasteiger partial charge in [-0.25, -0.2) is 4.39 Å². The predicted octanol–water partition coefficient (Wildman–Crippen LogP) is 4.35. The van der Waals surface area contributed by atoms with Crippen molar-refractivity contribution in [2.75, 3.05) is 0 Å². The van der Waals surface area contributed by atoms with Crippen LogP contribution in [0.2, 0.25) is 0 Å². The van der Waals surface area contributed by atoms with Crippen LogP contribution in [0.4, 0.5) is 4.39 Å². The third-order valence-electron chi connectivity index (χ3n) is 3.24. The van der Waals surface area contributed by atoms with E-state index in [1.54, 1.807) is 13.0 Å². The zero-order valence-electron chi connectivity index (χ0n) is 11.0. The average Bonchev–Trinajstić information content (AvgIpc) is 2.35. The minimum absolute atomic E-state index is 0.323. The van der Waals surface area contributed by atoms with Crippen LogP contribution in [0.3, 0.4) is 0 Å². The summed E-state index contributed by atoms with van der Waals surface area (Å²) in [4.78, 5) is 0. The van der Waals surface area contributed by atoms with Gasteiger partial charge in [-0.3, -0.25) is 0 Å². The molecular formula is C16H16BrFO. The Morgan fingerprint density at radius 1 is 1.16 bits per heavy atom. The van der Waals surface area contributed by atoms with E-state index >= 15 is 0 Å². The molecule has 0 spiro atoms. The van der Waals surface area contributed by atoms with Gasteiger partial charge in [0.2, 0.25) is 0 Å². The van der Waals surface area contributed by atoms with Gasteiger partial charge < -0.3 is 5.11 Å². The monoisotopic (exact) mass is 322 g/mol. The van der Waals surface area contributed by atoms with Crippen molar-refractivity contribution in [2.45, 2.75) is 25.9 Å². The van der Waals surface area contributed by atoms with Crippen molar-refractivity contribution in [1.29, 1.82) is 0 Å². The summed E-state index contributed by atoms with van der Waals surface area (Å²) in [6.45, 7) is 3.60. The lowest BCUT2D eigenvalue weighted by atomic mass is 9.86. The first kappa shape index (κ1) is 14.2. The van der Waals surface area contributed by atoms with Gasteiger partial charge in [0.25, 0.3) is 0 Å². The molecule has 0 radical (unpaired) electrons. The van der Waals surface area contributed by atoms with Gasteiger partial charge in [-0.05, 0) is 54.8 Å². The fourth-order valence-electron chi connectivity index (χ4n) is 2.27. The Labute approximate surface area is 121 Å². The number of rotatable bonds is 3. The number of hydrogen-bond acceptors (Lipinski definition) is 1. The molecule has 100 valence electrons. The van der Waals surface area contributed by atoms with Gasteiger partial charge in [-0.2, -0.15) is 0 Å². The van der Waals surface area contributed by atoms with Crippen LogP contribution >= 0.6 is 15.9 Å². The Morgan fingerprint density at radius 3 is 2.42 bits per heavy atom. The molecule has 1 unspecified atom stereocenters. The summed E-state index contributed by atoms with van der Waals surface area (Å²) >= 11 is 3.38. The Kier molecular flexibility index (Phi) is 4.07. The third-order valence-corrected chi connectivity index (χ3v) is 3.77. The van der Waals surface area contributed by atoms with Crippen molar-refractivity contribution in [3.05, 3.63) is 69.4 Å². The van der Waals surface area contributed by atoms with E-state index in [0.29, 0.717) is 12.0 Å². The summed E-state index contributed by atoms with van der Waals surface area (Å²) in [6.07, 6.45) is 0.449. The summed E-state index contributed by atoms with van der Waals surface area (Å²) in [7, 11) is 0. The summed E-state index contributed by atoms with van der Waals surface area (Å²) in [5.74, 6) is -0.323. The van der Waals surface area contributed by atoms with Gasteiger partial charge in [-0.15, -0.1) is 0 Å². The normalized spacial score (nSPS) is 14.2. The Bertz CT molecular complexity index is 576. The molecule has 0 aliphatic heterocycles. The van der Waals surface area contributed by atoms with Gasteiger partial charge in [0.05, 0.1) is 5.60 Å². The Balaban J connectivity index is 2.31. The van der Waals surface area contributed by atoms with Crippen LogP contribution < -0.4 is 0 Å². The second kappa shape index (κ2) is 5.43. The molecule has 2 aromatic carbocycles. The van der Waals surface area contributed by atoms with Gasteiger partial charge in [0, 0.05) is 10.9 Å². The summed E-state index contributed by atoms with van der Waals surface area (Å²) in [6, 6.07) is 12.3. The lowest BCUT2D eigenvalue weighted by Gasteiger charge is -2.26. The zero-order valence-corrected chi connectivity index (χ0v) is 12.5. The van der Waals surface area contributed by atoms with Crippen LogP contribution in [0, 0.1) is 12.7 Å². The molecular weight excluding hydrogens is 307 g/mol. The minimum atomic E-state index is -1.08. The second-order valence-corrected chi connectivity index (χ2v) is 5.95. The molecule has 3 heteroatoms. The highest BCUT2D eigenvalue weighted by Gasteiger charge is 2.25. The first-order valence-corrected chi connectivity index (χ1v) is 6.91. The quantitative estimate of drug-likeness (QED) is 0.890. The fourth-order valence-corrected chi connectivity index (χ4v) is 2.53. The van der Waals surface area contributed by atoms with E-state index in [2.05, 4.69) is 15.9 Å². The summed E-state index contributed by atoms with van der Waals surface area (Å²) in [5, 5.41) is 10.6. The van der Waals surface area contributed by atoms with Crippen molar-refractivity contribution in [2.24, 2.45) is 0 Å². The lowest BCUT2D eigenvalue weighted by molar-refractivity contribution is 0.0566. The van der Waals surface area contributed by atoms with Crippen LogP contribution in [-0.4, -0.2) is 5.11 Å². The predicted molar refractivity (Wildman–Crippen MR) is 78.6 cm³/mol. The molecule has 0 aliphatic carbocycles. The summed E-state index contributed by atoms with van der Waals surface area (Å²) < 4.78 is 14.3. The Hall–Kier alpha value is -1.19. The van der Waals surface area contributed by atoms with Crippen molar-refractivity contribution >= 4 is 15.9 Å².